The highest BCUT2D eigenvalue weighted by molar-refractivity contribution is 5.87. The molecule has 3 saturated heterocycles. The first kappa shape index (κ1) is 17.5. The number of ether oxygens (including phenoxy) is 1. The van der Waals surface area contributed by atoms with E-state index < -0.39 is 6.04 Å². The first-order chi connectivity index (χ1) is 9.97. The standard InChI is InChI=1S/C15H25N3O3.ClH/c1-8(2)14(16)15(20)17-5-13(19)18-6-9-10(7-18)12-4-3-11(9)21-12;/h8-12,14H,3-7,16H2,1-2H3,(H,17,20);1H/t9?,10?,11?,12?,14-;/m0./s1. The molecule has 3 aliphatic rings. The maximum atomic E-state index is 12.2. The number of nitrogens with one attached hydrogen (secondary N) is 1. The van der Waals surface area contributed by atoms with Crippen molar-refractivity contribution >= 4 is 24.2 Å². The summed E-state index contributed by atoms with van der Waals surface area (Å²) in [6, 6.07) is -0.556. The number of nitrogens with zero attached hydrogens (tertiary/aromatic N) is 1. The number of likely N-dealkylation sites (tertiary alicyclic amines) is 1. The van der Waals surface area contributed by atoms with Crippen molar-refractivity contribution in [3.63, 3.8) is 0 Å². The lowest BCUT2D eigenvalue weighted by Crippen LogP contribution is -2.47. The molecule has 2 bridgehead atoms. The summed E-state index contributed by atoms with van der Waals surface area (Å²) in [6.45, 7) is 5.38. The molecule has 0 aromatic rings. The number of nitrogens with two attached hydrogens (primary N) is 1. The monoisotopic (exact) mass is 331 g/mol. The predicted molar refractivity (Wildman–Crippen MR) is 84.5 cm³/mol. The number of carbonyl (C=O) groups is 2. The molecule has 6 nitrogen and oxygen atoms in total. The number of carbonyl (C=O) groups excluding carboxylic acids is 2. The van der Waals surface area contributed by atoms with Crippen LogP contribution in [0, 0.1) is 17.8 Å². The van der Waals surface area contributed by atoms with Crippen LogP contribution in [0.3, 0.4) is 0 Å². The first-order valence-electron chi connectivity index (χ1n) is 7.94. The van der Waals surface area contributed by atoms with Crippen LogP contribution in [0.4, 0.5) is 0 Å². The molecule has 0 aliphatic carbocycles. The molecule has 126 valence electrons. The Hall–Kier alpha value is -0.850. The van der Waals surface area contributed by atoms with Gasteiger partial charge < -0.3 is 20.7 Å². The van der Waals surface area contributed by atoms with E-state index in [1.807, 2.05) is 18.7 Å². The molecule has 0 aromatic carbocycles. The molecule has 5 atom stereocenters. The Balaban J connectivity index is 0.00000176. The molecule has 0 spiro atoms. The minimum atomic E-state index is -0.556. The van der Waals surface area contributed by atoms with Crippen LogP contribution in [-0.2, 0) is 14.3 Å². The molecule has 0 aromatic heterocycles. The maximum Gasteiger partial charge on any atom is 0.241 e. The Morgan fingerprint density at radius 1 is 1.23 bits per heavy atom. The largest absolute Gasteiger partial charge is 0.374 e. The van der Waals surface area contributed by atoms with E-state index in [0.29, 0.717) is 24.0 Å². The van der Waals surface area contributed by atoms with Gasteiger partial charge in [-0.3, -0.25) is 9.59 Å². The lowest BCUT2D eigenvalue weighted by Gasteiger charge is -2.20. The fourth-order valence-electron chi connectivity index (χ4n) is 3.86. The quantitative estimate of drug-likeness (QED) is 0.767. The molecule has 7 heteroatoms. The fraction of sp³-hybridized carbons (Fsp3) is 0.867. The van der Waals surface area contributed by atoms with Crippen LogP contribution < -0.4 is 11.1 Å². The third-order valence-corrected chi connectivity index (χ3v) is 5.24. The molecular formula is C15H26ClN3O3. The maximum absolute atomic E-state index is 12.2. The van der Waals surface area contributed by atoms with Gasteiger partial charge in [0, 0.05) is 24.9 Å². The van der Waals surface area contributed by atoms with Gasteiger partial charge in [0.05, 0.1) is 24.8 Å². The minimum absolute atomic E-state index is 0. The zero-order valence-electron chi connectivity index (χ0n) is 13.2. The lowest BCUT2D eigenvalue weighted by molar-refractivity contribution is -0.133. The number of rotatable bonds is 4. The van der Waals surface area contributed by atoms with Crippen LogP contribution in [0.25, 0.3) is 0 Å². The second-order valence-electron chi connectivity index (χ2n) is 6.90. The first-order valence-corrected chi connectivity index (χ1v) is 7.94. The molecule has 3 aliphatic heterocycles. The molecule has 3 rings (SSSR count). The van der Waals surface area contributed by atoms with E-state index >= 15 is 0 Å². The molecule has 3 heterocycles. The van der Waals surface area contributed by atoms with Crippen LogP contribution in [0.5, 0.6) is 0 Å². The Kier molecular flexibility index (Phi) is 5.35. The van der Waals surface area contributed by atoms with Gasteiger partial charge in [-0.2, -0.15) is 0 Å². The normalized spacial score (nSPS) is 33.5. The Morgan fingerprint density at radius 2 is 1.77 bits per heavy atom. The van der Waals surface area contributed by atoms with Gasteiger partial charge in [-0.05, 0) is 18.8 Å². The van der Waals surface area contributed by atoms with Gasteiger partial charge in [-0.15, -0.1) is 12.4 Å². The van der Waals surface area contributed by atoms with Crippen molar-refractivity contribution in [1.82, 2.24) is 10.2 Å². The summed E-state index contributed by atoms with van der Waals surface area (Å²) < 4.78 is 5.90. The Morgan fingerprint density at radius 3 is 2.27 bits per heavy atom. The molecule has 0 saturated carbocycles. The van der Waals surface area contributed by atoms with Crippen LogP contribution in [0.1, 0.15) is 26.7 Å². The van der Waals surface area contributed by atoms with Gasteiger partial charge in [0.25, 0.3) is 0 Å². The average molecular weight is 332 g/mol. The van der Waals surface area contributed by atoms with Crippen molar-refractivity contribution in [1.29, 1.82) is 0 Å². The minimum Gasteiger partial charge on any atom is -0.374 e. The highest BCUT2D eigenvalue weighted by Gasteiger charge is 2.53. The van der Waals surface area contributed by atoms with Crippen molar-refractivity contribution in [2.24, 2.45) is 23.5 Å². The van der Waals surface area contributed by atoms with Crippen molar-refractivity contribution in [2.75, 3.05) is 19.6 Å². The van der Waals surface area contributed by atoms with Crippen LogP contribution in [-0.4, -0.2) is 54.6 Å². The number of hydrogen-bond acceptors (Lipinski definition) is 4. The summed E-state index contributed by atoms with van der Waals surface area (Å²) in [6.07, 6.45) is 2.96. The van der Waals surface area contributed by atoms with E-state index in [1.165, 1.54) is 0 Å². The predicted octanol–water partition coefficient (Wildman–Crippen LogP) is 0.144. The highest BCUT2D eigenvalue weighted by atomic mass is 35.5. The second-order valence-corrected chi connectivity index (χ2v) is 6.90. The van der Waals surface area contributed by atoms with Gasteiger partial charge in [-0.25, -0.2) is 0 Å². The summed E-state index contributed by atoms with van der Waals surface area (Å²) >= 11 is 0. The van der Waals surface area contributed by atoms with Crippen molar-refractivity contribution in [2.45, 2.75) is 44.9 Å². The molecule has 22 heavy (non-hydrogen) atoms. The average Bonchev–Trinajstić information content (AvgIpc) is 3.14. The molecule has 2 amide bonds. The summed E-state index contributed by atoms with van der Waals surface area (Å²) in [5, 5.41) is 2.66. The smallest absolute Gasteiger partial charge is 0.241 e. The van der Waals surface area contributed by atoms with E-state index in [2.05, 4.69) is 5.32 Å². The molecule has 0 radical (unpaired) electrons. The molecule has 3 N–H and O–H groups in total. The number of amides is 2. The second kappa shape index (κ2) is 6.72. The molecule has 3 fully saturated rings. The summed E-state index contributed by atoms with van der Waals surface area (Å²) in [4.78, 5) is 25.9. The summed E-state index contributed by atoms with van der Waals surface area (Å²) in [5.41, 5.74) is 5.77. The Bertz CT molecular complexity index is 428. The fourth-order valence-corrected chi connectivity index (χ4v) is 3.86. The van der Waals surface area contributed by atoms with Crippen LogP contribution in [0.15, 0.2) is 0 Å². The van der Waals surface area contributed by atoms with Gasteiger partial charge in [0.1, 0.15) is 0 Å². The number of hydrogen-bond donors (Lipinski definition) is 2. The highest BCUT2D eigenvalue weighted by Crippen LogP contribution is 2.47. The lowest BCUT2D eigenvalue weighted by atomic mass is 9.82. The van der Waals surface area contributed by atoms with E-state index in [1.54, 1.807) is 0 Å². The number of halogens is 1. The van der Waals surface area contributed by atoms with E-state index in [9.17, 15) is 9.59 Å². The van der Waals surface area contributed by atoms with Gasteiger partial charge >= 0.3 is 0 Å². The third-order valence-electron chi connectivity index (χ3n) is 5.24. The van der Waals surface area contributed by atoms with E-state index in [-0.39, 0.29) is 36.7 Å². The van der Waals surface area contributed by atoms with Crippen molar-refractivity contribution in [3.05, 3.63) is 0 Å². The number of fused-ring (bicyclic) bond motifs is 5. The van der Waals surface area contributed by atoms with E-state index in [0.717, 1.165) is 25.9 Å². The summed E-state index contributed by atoms with van der Waals surface area (Å²) in [7, 11) is 0. The zero-order valence-corrected chi connectivity index (χ0v) is 14.0. The van der Waals surface area contributed by atoms with Gasteiger partial charge in [0.15, 0.2) is 0 Å². The van der Waals surface area contributed by atoms with E-state index in [4.69, 9.17) is 10.5 Å². The topological polar surface area (TPSA) is 84.7 Å². The SMILES string of the molecule is CC(C)[C@H](N)C(=O)NCC(=O)N1CC2C3CCC(O3)C2C1.Cl. The third kappa shape index (κ3) is 3.09. The zero-order chi connectivity index (χ0) is 15.1. The summed E-state index contributed by atoms with van der Waals surface area (Å²) in [5.74, 6) is 0.816. The molecule has 4 unspecified atom stereocenters. The van der Waals surface area contributed by atoms with Crippen molar-refractivity contribution < 1.29 is 14.3 Å². The van der Waals surface area contributed by atoms with Gasteiger partial charge in [0.2, 0.25) is 11.8 Å². The van der Waals surface area contributed by atoms with Gasteiger partial charge in [-0.1, -0.05) is 13.8 Å². The Labute approximate surface area is 137 Å². The van der Waals surface area contributed by atoms with Crippen LogP contribution >= 0.6 is 12.4 Å². The van der Waals surface area contributed by atoms with Crippen molar-refractivity contribution in [3.8, 4) is 0 Å². The van der Waals surface area contributed by atoms with Crippen LogP contribution in [0.2, 0.25) is 0 Å². The molecular weight excluding hydrogens is 306 g/mol.